The number of hydrogen-bond acceptors (Lipinski definition) is 5. The van der Waals surface area contributed by atoms with E-state index in [1.54, 1.807) is 11.0 Å². The molecule has 2 aliphatic heterocycles. The number of rotatable bonds is 2. The molecule has 2 heterocycles. The van der Waals surface area contributed by atoms with Gasteiger partial charge in [0, 0.05) is 11.0 Å². The highest BCUT2D eigenvalue weighted by molar-refractivity contribution is 8.82. The predicted molar refractivity (Wildman–Crippen MR) is 45.2 cm³/mol. The van der Waals surface area contributed by atoms with Gasteiger partial charge in [-0.25, -0.2) is 0 Å². The summed E-state index contributed by atoms with van der Waals surface area (Å²) >= 11 is 1.56. The molecule has 11 heavy (non-hydrogen) atoms. The van der Waals surface area contributed by atoms with Crippen LogP contribution >= 0.6 is 26.2 Å². The highest BCUT2D eigenvalue weighted by Gasteiger charge is 2.28. The van der Waals surface area contributed by atoms with Gasteiger partial charge < -0.3 is 18.1 Å². The minimum Gasteiger partial charge on any atom is -0.323 e. The average molecular weight is 214 g/mol. The first kappa shape index (κ1) is 8.64. The zero-order chi connectivity index (χ0) is 7.52. The Kier molecular flexibility index (Phi) is 3.40. The Labute approximate surface area is 71.2 Å². The molecule has 0 amide bonds. The van der Waals surface area contributed by atoms with Crippen molar-refractivity contribution in [2.24, 2.45) is 0 Å². The van der Waals surface area contributed by atoms with E-state index in [4.69, 9.17) is 18.1 Å². The first-order valence-corrected chi connectivity index (χ1v) is 7.63. The third-order valence-electron chi connectivity index (χ3n) is 1.09. The second-order valence-corrected chi connectivity index (χ2v) is 7.70. The molecule has 2 rings (SSSR count). The lowest BCUT2D eigenvalue weighted by atomic mass is 10.8. The predicted octanol–water partition coefficient (Wildman–Crippen LogP) is 2.27. The molecule has 0 radical (unpaired) electrons. The molecule has 0 spiro atoms. The highest BCUT2D eigenvalue weighted by Crippen LogP contribution is 2.72. The van der Waals surface area contributed by atoms with Crippen molar-refractivity contribution in [2.75, 3.05) is 26.4 Å². The topological polar surface area (TPSA) is 36.9 Å². The van der Waals surface area contributed by atoms with Gasteiger partial charge in [-0.2, -0.15) is 0 Å². The lowest BCUT2D eigenvalue weighted by Gasteiger charge is -2.09. The van der Waals surface area contributed by atoms with Gasteiger partial charge in [-0.3, -0.25) is 0 Å². The zero-order valence-corrected chi connectivity index (χ0v) is 8.37. The summed E-state index contributed by atoms with van der Waals surface area (Å²) in [6.07, 6.45) is 0. The molecule has 0 aromatic heterocycles. The average Bonchev–Trinajstić information content (AvgIpc) is 2.60. The van der Waals surface area contributed by atoms with Crippen LogP contribution in [0.3, 0.4) is 0 Å². The molecular weight excluding hydrogens is 206 g/mol. The van der Waals surface area contributed by atoms with Crippen LogP contribution in [-0.4, -0.2) is 26.4 Å². The molecule has 0 unspecified atom stereocenters. The summed E-state index contributed by atoms with van der Waals surface area (Å²) in [6.45, 7) is 2.84. The van der Waals surface area contributed by atoms with E-state index in [0.717, 1.165) is 0 Å². The minimum absolute atomic E-state index is 0.710. The van der Waals surface area contributed by atoms with E-state index in [1.807, 2.05) is 0 Å². The Morgan fingerprint density at radius 1 is 0.727 bits per heavy atom. The van der Waals surface area contributed by atoms with Crippen molar-refractivity contribution in [1.29, 1.82) is 0 Å². The molecule has 4 nitrogen and oxygen atoms in total. The summed E-state index contributed by atoms with van der Waals surface area (Å²) < 4.78 is 21.1. The summed E-state index contributed by atoms with van der Waals surface area (Å²) in [7, 11) is -1.52. The lowest BCUT2D eigenvalue weighted by molar-refractivity contribution is 0.365. The van der Waals surface area contributed by atoms with E-state index in [1.165, 1.54) is 0 Å². The Hall–Kier alpha value is 1.05. The summed E-state index contributed by atoms with van der Waals surface area (Å²) in [4.78, 5) is 0. The molecule has 0 atom stereocenters. The first-order valence-electron chi connectivity index (χ1n) is 3.25. The second-order valence-electron chi connectivity index (χ2n) is 1.86. The lowest BCUT2D eigenvalue weighted by Crippen LogP contribution is -1.79. The van der Waals surface area contributed by atoms with E-state index in [0.29, 0.717) is 26.4 Å². The summed E-state index contributed by atoms with van der Waals surface area (Å²) in [6, 6.07) is 0. The molecule has 2 fully saturated rings. The Bertz CT molecular complexity index is 111. The van der Waals surface area contributed by atoms with Gasteiger partial charge in [-0.05, 0) is 0 Å². The van der Waals surface area contributed by atoms with Crippen molar-refractivity contribution in [3.63, 3.8) is 0 Å². The van der Waals surface area contributed by atoms with Gasteiger partial charge in [-0.15, -0.1) is 0 Å². The molecule has 0 saturated carbocycles. The van der Waals surface area contributed by atoms with Gasteiger partial charge in [-0.1, -0.05) is 0 Å². The molecule has 0 N–H and O–H groups in total. The van der Waals surface area contributed by atoms with Crippen molar-refractivity contribution in [3.05, 3.63) is 0 Å². The molecular formula is C4H8O4P2S. The van der Waals surface area contributed by atoms with Crippen molar-refractivity contribution >= 4 is 26.2 Å². The van der Waals surface area contributed by atoms with Crippen molar-refractivity contribution < 1.29 is 18.1 Å². The van der Waals surface area contributed by atoms with Crippen molar-refractivity contribution in [3.8, 4) is 0 Å². The molecule has 7 heteroatoms. The minimum atomic E-state index is -0.761. The van der Waals surface area contributed by atoms with E-state index in [-0.39, 0.29) is 0 Å². The fraction of sp³-hybridized carbons (Fsp3) is 1.00. The van der Waals surface area contributed by atoms with Gasteiger partial charge in [0.15, 0.2) is 0 Å². The molecule has 0 bridgehead atoms. The summed E-state index contributed by atoms with van der Waals surface area (Å²) in [5.74, 6) is 0. The fourth-order valence-electron chi connectivity index (χ4n) is 0.670. The maximum atomic E-state index is 5.28. The monoisotopic (exact) mass is 214 g/mol. The van der Waals surface area contributed by atoms with Crippen LogP contribution in [0.5, 0.6) is 0 Å². The van der Waals surface area contributed by atoms with E-state index in [2.05, 4.69) is 0 Å². The van der Waals surface area contributed by atoms with Crippen LogP contribution in [-0.2, 0) is 18.1 Å². The highest BCUT2D eigenvalue weighted by atomic mass is 33.1. The largest absolute Gasteiger partial charge is 0.323 e. The fourth-order valence-corrected chi connectivity index (χ4v) is 6.47. The van der Waals surface area contributed by atoms with Gasteiger partial charge in [0.2, 0.25) is 15.2 Å². The van der Waals surface area contributed by atoms with E-state index < -0.39 is 15.2 Å². The van der Waals surface area contributed by atoms with E-state index in [9.17, 15) is 0 Å². The maximum absolute atomic E-state index is 5.28. The Balaban J connectivity index is 1.71. The molecule has 0 aliphatic carbocycles. The normalized spacial score (nSPS) is 28.4. The van der Waals surface area contributed by atoms with Gasteiger partial charge in [0.05, 0.1) is 26.4 Å². The third-order valence-corrected chi connectivity index (χ3v) is 7.39. The number of hydrogen-bond donors (Lipinski definition) is 0. The van der Waals surface area contributed by atoms with Crippen LogP contribution in [0.25, 0.3) is 0 Å². The second kappa shape index (κ2) is 4.33. The van der Waals surface area contributed by atoms with Gasteiger partial charge >= 0.3 is 0 Å². The first-order chi connectivity index (χ1) is 5.45. The van der Waals surface area contributed by atoms with E-state index >= 15 is 0 Å². The Morgan fingerprint density at radius 3 is 1.45 bits per heavy atom. The zero-order valence-electron chi connectivity index (χ0n) is 5.76. The van der Waals surface area contributed by atoms with Crippen molar-refractivity contribution in [2.45, 2.75) is 0 Å². The quantitative estimate of drug-likeness (QED) is 0.659. The van der Waals surface area contributed by atoms with Crippen LogP contribution in [0, 0.1) is 0 Å². The summed E-state index contributed by atoms with van der Waals surface area (Å²) in [5, 5.41) is 0. The third kappa shape index (κ3) is 2.49. The SMILES string of the molecule is C1COP(SP2OCCO2)O1. The van der Waals surface area contributed by atoms with Crippen LogP contribution < -0.4 is 0 Å². The summed E-state index contributed by atoms with van der Waals surface area (Å²) in [5.41, 5.74) is 0. The molecule has 64 valence electrons. The standard InChI is InChI=1S/C4H8O4P2S/c1-2-6-9(5-1)11-10-7-3-4-8-10/h1-4H2. The maximum Gasteiger partial charge on any atom is 0.247 e. The van der Waals surface area contributed by atoms with Gasteiger partial charge in [0.25, 0.3) is 0 Å². The Morgan fingerprint density at radius 2 is 1.09 bits per heavy atom. The van der Waals surface area contributed by atoms with Crippen LogP contribution in [0.4, 0.5) is 0 Å². The molecule has 2 aliphatic rings. The molecule has 2 saturated heterocycles. The van der Waals surface area contributed by atoms with Crippen LogP contribution in [0.2, 0.25) is 0 Å². The van der Waals surface area contributed by atoms with Gasteiger partial charge in [0.1, 0.15) is 0 Å². The van der Waals surface area contributed by atoms with Crippen LogP contribution in [0.1, 0.15) is 0 Å². The molecule has 0 aromatic rings. The molecule has 0 aromatic carbocycles. The van der Waals surface area contributed by atoms with Crippen molar-refractivity contribution in [1.82, 2.24) is 0 Å². The smallest absolute Gasteiger partial charge is 0.247 e. The van der Waals surface area contributed by atoms with Crippen LogP contribution in [0.15, 0.2) is 0 Å².